The average molecular weight is 387 g/mol. The molecule has 0 radical (unpaired) electrons. The average Bonchev–Trinajstić information content (AvgIpc) is 2.71. The zero-order chi connectivity index (χ0) is 19.8. The van der Waals surface area contributed by atoms with Gasteiger partial charge in [0.05, 0.1) is 6.54 Å². The second-order valence-corrected chi connectivity index (χ2v) is 8.20. The molecule has 2 N–H and O–H groups in total. The third-order valence-corrected chi connectivity index (χ3v) is 6.51. The fourth-order valence-electron chi connectivity index (χ4n) is 4.14. The van der Waals surface area contributed by atoms with Gasteiger partial charge in [0.25, 0.3) is 0 Å². The lowest BCUT2D eigenvalue weighted by Gasteiger charge is -2.41. The van der Waals surface area contributed by atoms with E-state index in [-0.39, 0.29) is 0 Å². The van der Waals surface area contributed by atoms with Crippen LogP contribution in [0.4, 0.5) is 5.82 Å². The number of aliphatic imine (C=N–C) groups is 1. The Morgan fingerprint density at radius 3 is 2.54 bits per heavy atom. The Morgan fingerprint density at radius 1 is 1.14 bits per heavy atom. The smallest absolute Gasteiger partial charge is 0.191 e. The van der Waals surface area contributed by atoms with Gasteiger partial charge in [0.15, 0.2) is 5.96 Å². The van der Waals surface area contributed by atoms with Gasteiger partial charge in [0.2, 0.25) is 0 Å². The number of pyridine rings is 1. The Bertz CT molecular complexity index is 626. The lowest BCUT2D eigenvalue weighted by atomic mass is 9.67. The Morgan fingerprint density at radius 2 is 1.93 bits per heavy atom. The van der Waals surface area contributed by atoms with E-state index in [9.17, 15) is 0 Å². The van der Waals surface area contributed by atoms with Crippen molar-refractivity contribution in [3.63, 3.8) is 0 Å². The van der Waals surface area contributed by atoms with Crippen molar-refractivity contribution in [2.45, 2.75) is 53.0 Å². The Hall–Kier alpha value is -1.82. The molecule has 0 bridgehead atoms. The van der Waals surface area contributed by atoms with Gasteiger partial charge in [-0.05, 0) is 55.8 Å². The van der Waals surface area contributed by atoms with Crippen LogP contribution in [0, 0.1) is 5.41 Å². The van der Waals surface area contributed by atoms with E-state index >= 15 is 0 Å². The van der Waals surface area contributed by atoms with Crippen molar-refractivity contribution in [3.8, 4) is 0 Å². The number of hydrogen-bond acceptors (Lipinski definition) is 4. The Balaban J connectivity index is 1.58. The van der Waals surface area contributed by atoms with E-state index in [4.69, 9.17) is 4.99 Å². The van der Waals surface area contributed by atoms with Crippen molar-refractivity contribution in [2.24, 2.45) is 10.4 Å². The minimum atomic E-state index is 0.487. The highest BCUT2D eigenvalue weighted by Crippen LogP contribution is 2.42. The predicted molar refractivity (Wildman–Crippen MR) is 118 cm³/mol. The first-order chi connectivity index (χ1) is 13.7. The van der Waals surface area contributed by atoms with Crippen molar-refractivity contribution >= 4 is 11.8 Å². The third-order valence-electron chi connectivity index (χ3n) is 6.51. The largest absolute Gasteiger partial charge is 0.357 e. The van der Waals surface area contributed by atoms with Crippen molar-refractivity contribution in [2.75, 3.05) is 50.7 Å². The van der Waals surface area contributed by atoms with Crippen molar-refractivity contribution in [3.05, 3.63) is 23.9 Å². The van der Waals surface area contributed by atoms with Gasteiger partial charge in [-0.25, -0.2) is 9.98 Å². The standard InChI is InChI=1S/C22H38N6/c1-4-22(9-7-10-22)18-26-21(23-5-2)25-17-19-8-11-24-20(16-19)28-14-12-27(6-3)13-15-28/h8,11,16H,4-7,9-10,12-15,17-18H2,1-3H3,(H2,23,25,26). The molecule has 0 amide bonds. The summed E-state index contributed by atoms with van der Waals surface area (Å²) in [5.74, 6) is 2.01. The fourth-order valence-corrected chi connectivity index (χ4v) is 4.14. The maximum absolute atomic E-state index is 4.83. The first-order valence-electron chi connectivity index (χ1n) is 11.1. The van der Waals surface area contributed by atoms with Crippen molar-refractivity contribution in [1.29, 1.82) is 0 Å². The van der Waals surface area contributed by atoms with Crippen LogP contribution in [0.5, 0.6) is 0 Å². The number of aromatic nitrogens is 1. The maximum Gasteiger partial charge on any atom is 0.191 e. The third kappa shape index (κ3) is 5.37. The molecule has 156 valence electrons. The molecule has 0 atom stereocenters. The van der Waals surface area contributed by atoms with E-state index < -0.39 is 0 Å². The van der Waals surface area contributed by atoms with Crippen LogP contribution in [0.1, 0.15) is 52.0 Å². The van der Waals surface area contributed by atoms with E-state index in [2.05, 4.69) is 58.3 Å². The monoisotopic (exact) mass is 386 g/mol. The van der Waals surface area contributed by atoms with Gasteiger partial charge in [-0.3, -0.25) is 0 Å². The van der Waals surface area contributed by atoms with E-state index in [0.717, 1.165) is 57.6 Å². The SMILES string of the molecule is CCNC(=NCc1ccnc(N2CCN(CC)CC2)c1)NCC1(CC)CCC1. The van der Waals surface area contributed by atoms with Gasteiger partial charge < -0.3 is 20.4 Å². The van der Waals surface area contributed by atoms with E-state index in [1.54, 1.807) is 0 Å². The highest BCUT2D eigenvalue weighted by Gasteiger charge is 2.34. The number of piperazine rings is 1. The summed E-state index contributed by atoms with van der Waals surface area (Å²) in [6.45, 7) is 14.7. The molecule has 0 aromatic carbocycles. The summed E-state index contributed by atoms with van der Waals surface area (Å²) in [6, 6.07) is 4.28. The van der Waals surface area contributed by atoms with Crippen molar-refractivity contribution < 1.29 is 0 Å². The van der Waals surface area contributed by atoms with Crippen LogP contribution in [-0.2, 0) is 6.54 Å². The molecule has 1 aromatic heterocycles. The molecule has 1 aliphatic carbocycles. The van der Waals surface area contributed by atoms with E-state index in [0.29, 0.717) is 12.0 Å². The van der Waals surface area contributed by atoms with Crippen molar-refractivity contribution in [1.82, 2.24) is 20.5 Å². The lowest BCUT2D eigenvalue weighted by molar-refractivity contribution is 0.131. The summed E-state index contributed by atoms with van der Waals surface area (Å²) in [5.41, 5.74) is 1.70. The molecule has 2 fully saturated rings. The number of nitrogens with one attached hydrogen (secondary N) is 2. The minimum Gasteiger partial charge on any atom is -0.357 e. The molecule has 6 nitrogen and oxygen atoms in total. The number of nitrogens with zero attached hydrogens (tertiary/aromatic N) is 4. The highest BCUT2D eigenvalue weighted by atomic mass is 15.3. The zero-order valence-corrected chi connectivity index (χ0v) is 18.0. The Labute approximate surface area is 170 Å². The van der Waals surface area contributed by atoms with Gasteiger partial charge in [-0.15, -0.1) is 0 Å². The van der Waals surface area contributed by atoms with Gasteiger partial charge in [0.1, 0.15) is 5.82 Å². The first kappa shape index (κ1) is 20.9. The number of rotatable bonds is 8. The van der Waals surface area contributed by atoms with Gasteiger partial charge in [0, 0.05) is 45.5 Å². The highest BCUT2D eigenvalue weighted by molar-refractivity contribution is 5.79. The first-order valence-corrected chi connectivity index (χ1v) is 11.1. The molecule has 28 heavy (non-hydrogen) atoms. The van der Waals surface area contributed by atoms with Crippen LogP contribution in [0.3, 0.4) is 0 Å². The van der Waals surface area contributed by atoms with Gasteiger partial charge in [-0.2, -0.15) is 0 Å². The maximum atomic E-state index is 4.83. The molecule has 2 aliphatic rings. The minimum absolute atomic E-state index is 0.487. The van der Waals surface area contributed by atoms with Crippen LogP contribution in [0.15, 0.2) is 23.3 Å². The molecule has 1 saturated carbocycles. The number of hydrogen-bond donors (Lipinski definition) is 2. The molecular weight excluding hydrogens is 348 g/mol. The number of anilines is 1. The molecule has 1 aliphatic heterocycles. The van der Waals surface area contributed by atoms with Gasteiger partial charge in [-0.1, -0.05) is 20.3 Å². The molecular formula is C22H38N6. The molecule has 0 unspecified atom stereocenters. The Kier molecular flexibility index (Phi) is 7.54. The van der Waals surface area contributed by atoms with Crippen LogP contribution < -0.4 is 15.5 Å². The molecule has 3 rings (SSSR count). The molecule has 1 saturated heterocycles. The summed E-state index contributed by atoms with van der Waals surface area (Å²) in [6.07, 6.45) is 7.23. The summed E-state index contributed by atoms with van der Waals surface area (Å²) in [7, 11) is 0. The number of guanidine groups is 1. The topological polar surface area (TPSA) is 55.8 Å². The van der Waals surface area contributed by atoms with Gasteiger partial charge >= 0.3 is 0 Å². The second-order valence-electron chi connectivity index (χ2n) is 8.20. The second kappa shape index (κ2) is 10.1. The fraction of sp³-hybridized carbons (Fsp3) is 0.727. The lowest BCUT2D eigenvalue weighted by Crippen LogP contribution is -2.46. The zero-order valence-electron chi connectivity index (χ0n) is 18.0. The quantitative estimate of drug-likeness (QED) is 0.531. The molecule has 6 heteroatoms. The van der Waals surface area contributed by atoms with Crippen LogP contribution >= 0.6 is 0 Å². The number of likely N-dealkylation sites (N-methyl/N-ethyl adjacent to an activating group) is 1. The summed E-state index contributed by atoms with van der Waals surface area (Å²) >= 11 is 0. The summed E-state index contributed by atoms with van der Waals surface area (Å²) in [4.78, 5) is 14.3. The van der Waals surface area contributed by atoms with Crippen LogP contribution in [0.25, 0.3) is 0 Å². The van der Waals surface area contributed by atoms with E-state index in [1.807, 2.05) is 6.20 Å². The molecule has 2 heterocycles. The van der Waals surface area contributed by atoms with Crippen LogP contribution in [0.2, 0.25) is 0 Å². The summed E-state index contributed by atoms with van der Waals surface area (Å²) in [5, 5.41) is 6.98. The molecule has 1 aromatic rings. The summed E-state index contributed by atoms with van der Waals surface area (Å²) < 4.78 is 0. The van der Waals surface area contributed by atoms with E-state index in [1.165, 1.54) is 31.2 Å². The van der Waals surface area contributed by atoms with Crippen LogP contribution in [-0.4, -0.2) is 61.7 Å². The molecule has 0 spiro atoms. The normalized spacial score (nSPS) is 20.0. The predicted octanol–water partition coefficient (Wildman–Crippen LogP) is 2.86.